The standard InChI is InChI=1S/C17H15ClFNO3/c18-16(21)14-7-6-13(15(19)10-14)8-9-20-17(22)23-11-12-4-2-1-3-5-12/h1-7,10H,8-9,11H2,(H,20,22). The van der Waals surface area contributed by atoms with E-state index in [1.54, 1.807) is 0 Å². The molecule has 2 aromatic carbocycles. The van der Waals surface area contributed by atoms with Crippen molar-refractivity contribution in [3.63, 3.8) is 0 Å². The van der Waals surface area contributed by atoms with Gasteiger partial charge in [-0.2, -0.15) is 0 Å². The zero-order chi connectivity index (χ0) is 16.7. The van der Waals surface area contributed by atoms with Crippen molar-refractivity contribution in [3.05, 3.63) is 71.0 Å². The summed E-state index contributed by atoms with van der Waals surface area (Å²) in [6.45, 7) is 0.395. The molecule has 1 amide bonds. The number of halogens is 2. The SMILES string of the molecule is O=C(NCCc1ccc(C(=O)Cl)cc1F)OCc1ccccc1. The summed E-state index contributed by atoms with van der Waals surface area (Å²) in [6, 6.07) is 13.3. The molecule has 0 saturated carbocycles. The minimum absolute atomic E-state index is 0.100. The van der Waals surface area contributed by atoms with Crippen LogP contribution in [0.25, 0.3) is 0 Å². The Balaban J connectivity index is 1.76. The van der Waals surface area contributed by atoms with Crippen molar-refractivity contribution in [2.45, 2.75) is 13.0 Å². The number of rotatable bonds is 6. The fraction of sp³-hybridized carbons (Fsp3) is 0.176. The second-order valence-corrected chi connectivity index (χ2v) is 5.16. The van der Waals surface area contributed by atoms with Crippen molar-refractivity contribution in [2.24, 2.45) is 0 Å². The highest BCUT2D eigenvalue weighted by Crippen LogP contribution is 2.12. The fourth-order valence-electron chi connectivity index (χ4n) is 1.95. The summed E-state index contributed by atoms with van der Waals surface area (Å²) >= 11 is 5.28. The zero-order valence-corrected chi connectivity index (χ0v) is 13.0. The summed E-state index contributed by atoms with van der Waals surface area (Å²) in [5, 5.41) is 1.84. The van der Waals surface area contributed by atoms with E-state index >= 15 is 0 Å². The number of hydrogen-bond acceptors (Lipinski definition) is 3. The molecule has 0 aromatic heterocycles. The van der Waals surface area contributed by atoms with Crippen molar-refractivity contribution in [3.8, 4) is 0 Å². The van der Waals surface area contributed by atoms with Gasteiger partial charge in [-0.25, -0.2) is 9.18 Å². The lowest BCUT2D eigenvalue weighted by molar-refractivity contribution is 0.108. The number of hydrogen-bond donors (Lipinski definition) is 1. The van der Waals surface area contributed by atoms with Gasteiger partial charge >= 0.3 is 6.09 Å². The minimum Gasteiger partial charge on any atom is -0.445 e. The van der Waals surface area contributed by atoms with E-state index in [1.165, 1.54) is 12.1 Å². The van der Waals surface area contributed by atoms with Crippen LogP contribution in [-0.2, 0) is 17.8 Å². The molecule has 0 heterocycles. The predicted octanol–water partition coefficient (Wildman–Crippen LogP) is 3.67. The minimum atomic E-state index is -0.710. The summed E-state index contributed by atoms with van der Waals surface area (Å²) in [5.74, 6) is -0.532. The molecule has 0 bridgehead atoms. The Morgan fingerprint density at radius 1 is 1.13 bits per heavy atom. The van der Waals surface area contributed by atoms with Gasteiger partial charge in [0.25, 0.3) is 5.24 Å². The lowest BCUT2D eigenvalue weighted by Crippen LogP contribution is -2.26. The first kappa shape index (κ1) is 17.0. The molecule has 0 aliphatic heterocycles. The van der Waals surface area contributed by atoms with Crippen molar-refractivity contribution >= 4 is 22.9 Å². The van der Waals surface area contributed by atoms with E-state index in [0.29, 0.717) is 5.56 Å². The van der Waals surface area contributed by atoms with E-state index in [9.17, 15) is 14.0 Å². The molecule has 0 radical (unpaired) electrons. The smallest absolute Gasteiger partial charge is 0.407 e. The zero-order valence-electron chi connectivity index (χ0n) is 12.2. The summed E-state index contributed by atoms with van der Waals surface area (Å²) in [7, 11) is 0. The average Bonchev–Trinajstić information content (AvgIpc) is 2.55. The Hall–Kier alpha value is -2.40. The number of benzene rings is 2. The van der Waals surface area contributed by atoms with Gasteiger partial charge in [0.2, 0.25) is 0 Å². The fourth-order valence-corrected chi connectivity index (χ4v) is 2.06. The van der Waals surface area contributed by atoms with Gasteiger partial charge in [-0.15, -0.1) is 0 Å². The number of nitrogens with one attached hydrogen (secondary N) is 1. The Labute approximate surface area is 138 Å². The van der Waals surface area contributed by atoms with Crippen LogP contribution < -0.4 is 5.32 Å². The molecule has 2 aromatic rings. The molecule has 4 nitrogen and oxygen atoms in total. The molecule has 0 saturated heterocycles. The van der Waals surface area contributed by atoms with Gasteiger partial charge in [0, 0.05) is 12.1 Å². The Morgan fingerprint density at radius 3 is 2.52 bits per heavy atom. The third kappa shape index (κ3) is 5.38. The summed E-state index contributed by atoms with van der Waals surface area (Å²) in [4.78, 5) is 22.5. The van der Waals surface area contributed by atoms with Gasteiger partial charge in [0.05, 0.1) is 0 Å². The third-order valence-electron chi connectivity index (χ3n) is 3.16. The van der Waals surface area contributed by atoms with Gasteiger partial charge < -0.3 is 10.1 Å². The van der Waals surface area contributed by atoms with Crippen LogP contribution in [0.4, 0.5) is 9.18 Å². The molecule has 0 aliphatic carbocycles. The maximum atomic E-state index is 13.7. The lowest BCUT2D eigenvalue weighted by Gasteiger charge is -2.08. The van der Waals surface area contributed by atoms with E-state index in [0.717, 1.165) is 11.6 Å². The molecule has 0 spiro atoms. The molecule has 23 heavy (non-hydrogen) atoms. The Kier molecular flexibility index (Phi) is 6.11. The molecule has 0 fully saturated rings. The van der Waals surface area contributed by atoms with E-state index in [2.05, 4.69) is 5.32 Å². The van der Waals surface area contributed by atoms with Crippen LogP contribution in [0.2, 0.25) is 0 Å². The first-order valence-corrected chi connectivity index (χ1v) is 7.37. The number of amides is 1. The van der Waals surface area contributed by atoms with E-state index < -0.39 is 17.2 Å². The van der Waals surface area contributed by atoms with Gasteiger partial charge in [-0.05, 0) is 41.3 Å². The monoisotopic (exact) mass is 335 g/mol. The van der Waals surface area contributed by atoms with E-state index in [-0.39, 0.29) is 25.1 Å². The number of alkyl carbamates (subject to hydrolysis) is 1. The van der Waals surface area contributed by atoms with Gasteiger partial charge in [0.1, 0.15) is 12.4 Å². The molecule has 120 valence electrons. The highest BCUT2D eigenvalue weighted by Gasteiger charge is 2.08. The number of ether oxygens (including phenoxy) is 1. The molecular formula is C17H15ClFNO3. The molecule has 2 rings (SSSR count). The molecule has 0 atom stereocenters. The van der Waals surface area contributed by atoms with Gasteiger partial charge in [0.15, 0.2) is 0 Å². The first-order chi connectivity index (χ1) is 11.1. The molecule has 0 aliphatic rings. The normalized spacial score (nSPS) is 10.2. The number of carbonyl (C=O) groups is 2. The van der Waals surface area contributed by atoms with Crippen molar-refractivity contribution < 1.29 is 18.7 Å². The molecule has 1 N–H and O–H groups in total. The van der Waals surface area contributed by atoms with Gasteiger partial charge in [-0.3, -0.25) is 4.79 Å². The van der Waals surface area contributed by atoms with Crippen LogP contribution in [0.15, 0.2) is 48.5 Å². The van der Waals surface area contributed by atoms with E-state index in [4.69, 9.17) is 16.3 Å². The second-order valence-electron chi connectivity index (χ2n) is 4.82. The van der Waals surface area contributed by atoms with Gasteiger partial charge in [-0.1, -0.05) is 36.4 Å². The molecule has 6 heteroatoms. The van der Waals surface area contributed by atoms with E-state index in [1.807, 2.05) is 30.3 Å². The molecular weight excluding hydrogens is 321 g/mol. The van der Waals surface area contributed by atoms with Crippen LogP contribution in [0.5, 0.6) is 0 Å². The predicted molar refractivity (Wildman–Crippen MR) is 84.9 cm³/mol. The lowest BCUT2D eigenvalue weighted by atomic mass is 10.1. The second kappa shape index (κ2) is 8.29. The summed E-state index contributed by atoms with van der Waals surface area (Å²) in [6.07, 6.45) is -0.287. The highest BCUT2D eigenvalue weighted by molar-refractivity contribution is 6.67. The van der Waals surface area contributed by atoms with Crippen LogP contribution in [0.1, 0.15) is 21.5 Å². The maximum Gasteiger partial charge on any atom is 0.407 e. The molecule has 0 unspecified atom stereocenters. The van der Waals surface area contributed by atoms with Crippen LogP contribution in [0, 0.1) is 5.82 Å². The first-order valence-electron chi connectivity index (χ1n) is 6.99. The van der Waals surface area contributed by atoms with Crippen LogP contribution >= 0.6 is 11.6 Å². The largest absolute Gasteiger partial charge is 0.445 e. The Morgan fingerprint density at radius 2 is 1.87 bits per heavy atom. The maximum absolute atomic E-state index is 13.7. The average molecular weight is 336 g/mol. The third-order valence-corrected chi connectivity index (χ3v) is 3.37. The highest BCUT2D eigenvalue weighted by atomic mass is 35.5. The van der Waals surface area contributed by atoms with Crippen molar-refractivity contribution in [2.75, 3.05) is 6.54 Å². The van der Waals surface area contributed by atoms with Crippen molar-refractivity contribution in [1.82, 2.24) is 5.32 Å². The van der Waals surface area contributed by atoms with Crippen LogP contribution in [-0.4, -0.2) is 17.9 Å². The van der Waals surface area contributed by atoms with Crippen LogP contribution in [0.3, 0.4) is 0 Å². The summed E-state index contributed by atoms with van der Waals surface area (Å²) in [5.41, 5.74) is 1.37. The Bertz CT molecular complexity index is 691. The summed E-state index contributed by atoms with van der Waals surface area (Å²) < 4.78 is 18.8. The quantitative estimate of drug-likeness (QED) is 0.819. The topological polar surface area (TPSA) is 55.4 Å². The number of carbonyl (C=O) groups excluding carboxylic acids is 2. The van der Waals surface area contributed by atoms with Crippen molar-refractivity contribution in [1.29, 1.82) is 0 Å².